The van der Waals surface area contributed by atoms with Crippen molar-refractivity contribution in [3.63, 3.8) is 0 Å². The molecule has 0 nitrogen and oxygen atoms in total. The van der Waals surface area contributed by atoms with Crippen molar-refractivity contribution in [1.29, 1.82) is 0 Å². The van der Waals surface area contributed by atoms with Crippen LogP contribution < -0.4 is 0 Å². The van der Waals surface area contributed by atoms with Crippen LogP contribution in [-0.4, -0.2) is 0 Å². The zero-order valence-electron chi connectivity index (χ0n) is 16.9. The fourth-order valence-corrected chi connectivity index (χ4v) is 6.46. The van der Waals surface area contributed by atoms with E-state index in [1.807, 2.05) is 0 Å². The molecule has 2 heteroatoms. The Kier molecular flexibility index (Phi) is 6.19. The molecule has 0 N–H and O–H groups in total. The molecule has 0 aromatic heterocycles. The zero-order chi connectivity index (χ0) is 18.8. The smallest absolute Gasteiger partial charge is 0.162 e. The monoisotopic (exact) mass is 374 g/mol. The molecule has 4 unspecified atom stereocenters. The lowest BCUT2D eigenvalue weighted by Gasteiger charge is -2.42. The molecule has 4 atom stereocenters. The molecule has 0 bridgehead atoms. The van der Waals surface area contributed by atoms with Gasteiger partial charge in [0.05, 0.1) is 0 Å². The summed E-state index contributed by atoms with van der Waals surface area (Å²) in [6, 6.07) is 4.71. The van der Waals surface area contributed by atoms with Crippen molar-refractivity contribution in [3.05, 3.63) is 35.4 Å². The van der Waals surface area contributed by atoms with Crippen molar-refractivity contribution in [2.24, 2.45) is 29.6 Å². The molecule has 0 spiro atoms. The first-order valence-electron chi connectivity index (χ1n) is 11.5. The highest BCUT2D eigenvalue weighted by Crippen LogP contribution is 2.49. The van der Waals surface area contributed by atoms with Gasteiger partial charge in [0.15, 0.2) is 11.6 Å². The lowest BCUT2D eigenvalue weighted by atomic mass is 9.63. The molecule has 0 aliphatic heterocycles. The number of benzene rings is 1. The summed E-state index contributed by atoms with van der Waals surface area (Å²) in [7, 11) is 0. The molecule has 3 aliphatic rings. The fraction of sp³-hybridized carbons (Fsp3) is 0.760. The molecule has 1 aromatic carbocycles. The van der Waals surface area contributed by atoms with Crippen molar-refractivity contribution < 1.29 is 8.78 Å². The van der Waals surface area contributed by atoms with E-state index in [1.54, 1.807) is 12.1 Å². The van der Waals surface area contributed by atoms with Gasteiger partial charge in [-0.1, -0.05) is 64.0 Å². The molecule has 3 aliphatic carbocycles. The van der Waals surface area contributed by atoms with Gasteiger partial charge in [-0.05, 0) is 79.2 Å². The number of halogens is 2. The lowest BCUT2D eigenvalue weighted by molar-refractivity contribution is 0.108. The SMILES string of the molecule is CC1CCC(CCC2CCC3CC(c4cccc(F)c4F)CCC3C2)CC1. The third kappa shape index (κ3) is 4.57. The highest BCUT2D eigenvalue weighted by atomic mass is 19.2. The highest BCUT2D eigenvalue weighted by molar-refractivity contribution is 5.23. The van der Waals surface area contributed by atoms with E-state index in [2.05, 4.69) is 6.92 Å². The third-order valence-corrected chi connectivity index (χ3v) is 8.26. The molecular formula is C25H36F2. The van der Waals surface area contributed by atoms with Crippen molar-refractivity contribution >= 4 is 0 Å². The largest absolute Gasteiger partial charge is 0.204 e. The molecule has 150 valence electrons. The van der Waals surface area contributed by atoms with Gasteiger partial charge >= 0.3 is 0 Å². The Hall–Kier alpha value is -0.920. The minimum Gasteiger partial charge on any atom is -0.204 e. The quantitative estimate of drug-likeness (QED) is 0.503. The second-order valence-corrected chi connectivity index (χ2v) is 10.1. The van der Waals surface area contributed by atoms with Gasteiger partial charge in [-0.2, -0.15) is 0 Å². The summed E-state index contributed by atoms with van der Waals surface area (Å²) in [6.07, 6.45) is 16.1. The first-order chi connectivity index (χ1) is 13.1. The minimum absolute atomic E-state index is 0.225. The minimum atomic E-state index is -0.685. The number of hydrogen-bond donors (Lipinski definition) is 0. The first-order valence-corrected chi connectivity index (χ1v) is 11.5. The molecule has 4 rings (SSSR count). The molecule has 3 saturated carbocycles. The summed E-state index contributed by atoms with van der Waals surface area (Å²) in [6.45, 7) is 2.41. The number of rotatable bonds is 4. The van der Waals surface area contributed by atoms with Gasteiger partial charge < -0.3 is 0 Å². The molecular weight excluding hydrogens is 338 g/mol. The van der Waals surface area contributed by atoms with E-state index in [0.29, 0.717) is 5.56 Å². The fourth-order valence-electron chi connectivity index (χ4n) is 6.46. The van der Waals surface area contributed by atoms with Crippen LogP contribution in [-0.2, 0) is 0 Å². The molecule has 0 amide bonds. The molecule has 0 saturated heterocycles. The summed E-state index contributed by atoms with van der Waals surface area (Å²) < 4.78 is 27.8. The zero-order valence-corrected chi connectivity index (χ0v) is 16.9. The van der Waals surface area contributed by atoms with Crippen molar-refractivity contribution in [2.75, 3.05) is 0 Å². The van der Waals surface area contributed by atoms with Crippen molar-refractivity contribution in [3.8, 4) is 0 Å². The van der Waals surface area contributed by atoms with Gasteiger partial charge in [0.25, 0.3) is 0 Å². The Bertz CT molecular complexity index is 617. The third-order valence-electron chi connectivity index (χ3n) is 8.26. The summed E-state index contributed by atoms with van der Waals surface area (Å²) in [4.78, 5) is 0. The van der Waals surface area contributed by atoms with Crippen LogP contribution in [0.4, 0.5) is 8.78 Å². The summed E-state index contributed by atoms with van der Waals surface area (Å²) >= 11 is 0. The number of fused-ring (bicyclic) bond motifs is 1. The maximum Gasteiger partial charge on any atom is 0.162 e. The average Bonchev–Trinajstić information content (AvgIpc) is 2.69. The van der Waals surface area contributed by atoms with Crippen molar-refractivity contribution in [2.45, 2.75) is 89.9 Å². The van der Waals surface area contributed by atoms with Crippen LogP contribution in [0.1, 0.15) is 95.5 Å². The van der Waals surface area contributed by atoms with E-state index in [-0.39, 0.29) is 5.92 Å². The average molecular weight is 375 g/mol. The van der Waals surface area contributed by atoms with E-state index in [1.165, 1.54) is 70.3 Å². The van der Waals surface area contributed by atoms with Gasteiger partial charge in [-0.15, -0.1) is 0 Å². The second kappa shape index (κ2) is 8.62. The Balaban J connectivity index is 1.27. The van der Waals surface area contributed by atoms with Crippen molar-refractivity contribution in [1.82, 2.24) is 0 Å². The Morgan fingerprint density at radius 1 is 0.778 bits per heavy atom. The predicted molar refractivity (Wildman–Crippen MR) is 108 cm³/mol. The van der Waals surface area contributed by atoms with Crippen LogP contribution in [0.3, 0.4) is 0 Å². The van der Waals surface area contributed by atoms with E-state index < -0.39 is 11.6 Å². The van der Waals surface area contributed by atoms with Gasteiger partial charge in [-0.3, -0.25) is 0 Å². The van der Waals surface area contributed by atoms with Crippen LogP contribution in [0.5, 0.6) is 0 Å². The summed E-state index contributed by atoms with van der Waals surface area (Å²) in [5, 5.41) is 0. The summed E-state index contributed by atoms with van der Waals surface area (Å²) in [5.41, 5.74) is 0.627. The lowest BCUT2D eigenvalue weighted by Crippen LogP contribution is -2.31. The van der Waals surface area contributed by atoms with Gasteiger partial charge in [0.1, 0.15) is 0 Å². The molecule has 0 radical (unpaired) electrons. The van der Waals surface area contributed by atoms with Gasteiger partial charge in [0, 0.05) is 0 Å². The predicted octanol–water partition coefficient (Wildman–Crippen LogP) is 7.87. The topological polar surface area (TPSA) is 0 Å². The highest BCUT2D eigenvalue weighted by Gasteiger charge is 2.37. The normalized spacial score (nSPS) is 37.0. The van der Waals surface area contributed by atoms with Gasteiger partial charge in [-0.25, -0.2) is 8.78 Å². The van der Waals surface area contributed by atoms with Crippen LogP contribution >= 0.6 is 0 Å². The Labute approximate surface area is 164 Å². The molecule has 27 heavy (non-hydrogen) atoms. The van der Waals surface area contributed by atoms with E-state index in [4.69, 9.17) is 0 Å². The Morgan fingerprint density at radius 2 is 1.44 bits per heavy atom. The molecule has 3 fully saturated rings. The maximum atomic E-state index is 14.2. The van der Waals surface area contributed by atoms with E-state index in [9.17, 15) is 8.78 Å². The van der Waals surface area contributed by atoms with Gasteiger partial charge in [0.2, 0.25) is 0 Å². The molecule has 0 heterocycles. The van der Waals surface area contributed by atoms with Crippen LogP contribution in [0.15, 0.2) is 18.2 Å². The van der Waals surface area contributed by atoms with Crippen LogP contribution in [0.2, 0.25) is 0 Å². The summed E-state index contributed by atoms with van der Waals surface area (Å²) in [5.74, 6) is 3.38. The molecule has 1 aromatic rings. The maximum absolute atomic E-state index is 14.2. The number of hydrogen-bond acceptors (Lipinski definition) is 0. The van der Waals surface area contributed by atoms with E-state index >= 15 is 0 Å². The standard InChI is InChI=1S/C25H36F2/c1-17-5-7-18(8-6-17)9-10-19-11-12-21-16-22(14-13-20(21)15-19)23-3-2-4-24(26)25(23)27/h2-4,17-22H,5-16H2,1H3. The second-order valence-electron chi connectivity index (χ2n) is 10.1. The first kappa shape index (κ1) is 19.4. The van der Waals surface area contributed by atoms with Crippen LogP contribution in [0, 0.1) is 41.2 Å². The Morgan fingerprint density at radius 3 is 2.26 bits per heavy atom. The van der Waals surface area contributed by atoms with Crippen LogP contribution in [0.25, 0.3) is 0 Å². The van der Waals surface area contributed by atoms with E-state index in [0.717, 1.165) is 42.4 Å².